The Morgan fingerprint density at radius 3 is 2.41 bits per heavy atom. The van der Waals surface area contributed by atoms with Crippen molar-refractivity contribution in [1.82, 2.24) is 4.98 Å². The Labute approximate surface area is 133 Å². The minimum Gasteiger partial charge on any atom is -0.490 e. The Hall–Kier alpha value is -1.57. The normalized spacial score (nSPS) is 22.7. The van der Waals surface area contributed by atoms with Crippen LogP contribution in [0.3, 0.4) is 0 Å². The van der Waals surface area contributed by atoms with Gasteiger partial charge in [-0.3, -0.25) is 4.98 Å². The third-order valence-corrected chi connectivity index (χ3v) is 5.00. The summed E-state index contributed by atoms with van der Waals surface area (Å²) in [5.74, 6) is 1.81. The van der Waals surface area contributed by atoms with Crippen LogP contribution in [0, 0.1) is 18.3 Å². The fourth-order valence-electron chi connectivity index (χ4n) is 3.52. The first kappa shape index (κ1) is 15.3. The number of aryl methyl sites for hydroxylation is 1. The van der Waals surface area contributed by atoms with E-state index in [1.54, 1.807) is 0 Å². The van der Waals surface area contributed by atoms with E-state index in [4.69, 9.17) is 4.74 Å². The van der Waals surface area contributed by atoms with Gasteiger partial charge < -0.3 is 4.74 Å². The quantitative estimate of drug-likeness (QED) is 0.727. The molecular formula is C20H27NO. The highest BCUT2D eigenvalue weighted by Crippen LogP contribution is 2.38. The maximum atomic E-state index is 6.23. The molecule has 0 unspecified atom stereocenters. The molecule has 0 spiro atoms. The lowest BCUT2D eigenvalue weighted by atomic mass is 9.72. The van der Waals surface area contributed by atoms with Gasteiger partial charge in [0.15, 0.2) is 0 Å². The third kappa shape index (κ3) is 3.43. The number of ether oxygens (including phenoxy) is 1. The van der Waals surface area contributed by atoms with Crippen molar-refractivity contribution in [3.63, 3.8) is 0 Å². The smallest absolute Gasteiger partial charge is 0.120 e. The summed E-state index contributed by atoms with van der Waals surface area (Å²) < 4.78 is 6.23. The van der Waals surface area contributed by atoms with Crippen LogP contribution in [0.15, 0.2) is 30.3 Å². The lowest BCUT2D eigenvalue weighted by Gasteiger charge is -2.36. The van der Waals surface area contributed by atoms with Crippen LogP contribution >= 0.6 is 0 Å². The molecule has 1 aromatic carbocycles. The average molecular weight is 297 g/mol. The van der Waals surface area contributed by atoms with Gasteiger partial charge in [-0.2, -0.15) is 0 Å². The van der Waals surface area contributed by atoms with Gasteiger partial charge in [-0.25, -0.2) is 0 Å². The third-order valence-electron chi connectivity index (χ3n) is 5.00. The fraction of sp³-hybridized carbons (Fsp3) is 0.550. The Bertz CT molecular complexity index is 648. The van der Waals surface area contributed by atoms with Gasteiger partial charge in [-0.1, -0.05) is 26.8 Å². The second-order valence-electron chi connectivity index (χ2n) is 7.76. The molecule has 0 amide bonds. The van der Waals surface area contributed by atoms with Gasteiger partial charge in [-0.05, 0) is 68.2 Å². The minimum atomic E-state index is 0.370. The molecule has 0 aliphatic heterocycles. The molecule has 0 atom stereocenters. The molecule has 22 heavy (non-hydrogen) atoms. The molecule has 1 heterocycles. The molecule has 118 valence electrons. The van der Waals surface area contributed by atoms with Crippen molar-refractivity contribution >= 4 is 10.9 Å². The van der Waals surface area contributed by atoms with Gasteiger partial charge in [-0.15, -0.1) is 0 Å². The van der Waals surface area contributed by atoms with Crippen LogP contribution in [0.25, 0.3) is 10.9 Å². The lowest BCUT2D eigenvalue weighted by Crippen LogP contribution is -2.30. The van der Waals surface area contributed by atoms with Crippen molar-refractivity contribution in [2.45, 2.75) is 59.5 Å². The van der Waals surface area contributed by atoms with Crippen molar-refractivity contribution in [3.8, 4) is 5.75 Å². The predicted octanol–water partition coefficient (Wildman–Crippen LogP) is 5.53. The van der Waals surface area contributed by atoms with Gasteiger partial charge in [0.25, 0.3) is 0 Å². The number of aromatic nitrogens is 1. The van der Waals surface area contributed by atoms with Crippen LogP contribution in [0.5, 0.6) is 5.75 Å². The monoisotopic (exact) mass is 297 g/mol. The van der Waals surface area contributed by atoms with Crippen molar-refractivity contribution in [2.24, 2.45) is 11.3 Å². The zero-order valence-corrected chi connectivity index (χ0v) is 14.2. The summed E-state index contributed by atoms with van der Waals surface area (Å²) in [6.45, 7) is 9.10. The summed E-state index contributed by atoms with van der Waals surface area (Å²) in [5, 5.41) is 1.16. The van der Waals surface area contributed by atoms with E-state index in [1.165, 1.54) is 25.7 Å². The molecule has 2 aromatic rings. The van der Waals surface area contributed by atoms with Gasteiger partial charge >= 0.3 is 0 Å². The standard InChI is InChI=1S/C20H27NO/c1-14-5-6-15-13-18(11-12-19(15)21-14)22-17-9-7-16(8-10-17)20(2,3)4/h5-6,11-13,16-17H,7-10H2,1-4H3/t16-,17-. The molecule has 1 aliphatic carbocycles. The van der Waals surface area contributed by atoms with E-state index in [1.807, 2.05) is 6.92 Å². The number of pyridine rings is 1. The molecule has 1 aromatic heterocycles. The van der Waals surface area contributed by atoms with Crippen molar-refractivity contribution < 1.29 is 4.74 Å². The molecule has 1 aliphatic rings. The Morgan fingerprint density at radius 1 is 1.00 bits per heavy atom. The summed E-state index contributed by atoms with van der Waals surface area (Å²) in [7, 11) is 0. The molecule has 0 bridgehead atoms. The molecule has 1 fully saturated rings. The number of fused-ring (bicyclic) bond motifs is 1. The molecule has 1 saturated carbocycles. The van der Waals surface area contributed by atoms with E-state index in [2.05, 4.69) is 56.1 Å². The fourth-order valence-corrected chi connectivity index (χ4v) is 3.52. The first-order valence-corrected chi connectivity index (χ1v) is 8.46. The molecule has 0 N–H and O–H groups in total. The van der Waals surface area contributed by atoms with Crippen molar-refractivity contribution in [1.29, 1.82) is 0 Å². The van der Waals surface area contributed by atoms with E-state index in [0.29, 0.717) is 11.5 Å². The number of rotatable bonds is 2. The molecule has 3 rings (SSSR count). The van der Waals surface area contributed by atoms with Crippen molar-refractivity contribution in [2.75, 3.05) is 0 Å². The summed E-state index contributed by atoms with van der Waals surface area (Å²) in [5.41, 5.74) is 2.53. The average Bonchev–Trinajstić information content (AvgIpc) is 2.47. The van der Waals surface area contributed by atoms with Gasteiger partial charge in [0, 0.05) is 11.1 Å². The molecule has 0 radical (unpaired) electrons. The number of hydrogen-bond donors (Lipinski definition) is 0. The maximum absolute atomic E-state index is 6.23. The van der Waals surface area contributed by atoms with Gasteiger partial charge in [0.1, 0.15) is 5.75 Å². The van der Waals surface area contributed by atoms with E-state index >= 15 is 0 Å². The predicted molar refractivity (Wildman–Crippen MR) is 92.3 cm³/mol. The van der Waals surface area contributed by atoms with E-state index in [9.17, 15) is 0 Å². The molecule has 2 heteroatoms. The minimum absolute atomic E-state index is 0.370. The Balaban J connectivity index is 1.66. The Morgan fingerprint density at radius 2 is 1.73 bits per heavy atom. The molecule has 2 nitrogen and oxygen atoms in total. The van der Waals surface area contributed by atoms with E-state index in [0.717, 1.165) is 28.3 Å². The highest BCUT2D eigenvalue weighted by molar-refractivity contribution is 5.80. The van der Waals surface area contributed by atoms with Crippen LogP contribution < -0.4 is 4.74 Å². The van der Waals surface area contributed by atoms with Crippen LogP contribution in [-0.2, 0) is 0 Å². The van der Waals surface area contributed by atoms with Crippen molar-refractivity contribution in [3.05, 3.63) is 36.0 Å². The zero-order chi connectivity index (χ0) is 15.7. The summed E-state index contributed by atoms with van der Waals surface area (Å²) in [4.78, 5) is 4.54. The summed E-state index contributed by atoms with van der Waals surface area (Å²) in [6.07, 6.45) is 5.28. The largest absolute Gasteiger partial charge is 0.490 e. The second kappa shape index (κ2) is 5.91. The van der Waals surface area contributed by atoms with Crippen LogP contribution in [0.2, 0.25) is 0 Å². The maximum Gasteiger partial charge on any atom is 0.120 e. The second-order valence-corrected chi connectivity index (χ2v) is 7.76. The van der Waals surface area contributed by atoms with Gasteiger partial charge in [0.05, 0.1) is 11.6 Å². The topological polar surface area (TPSA) is 22.1 Å². The van der Waals surface area contributed by atoms with Crippen LogP contribution in [-0.4, -0.2) is 11.1 Å². The first-order valence-electron chi connectivity index (χ1n) is 8.46. The first-order chi connectivity index (χ1) is 10.4. The van der Waals surface area contributed by atoms with Gasteiger partial charge in [0.2, 0.25) is 0 Å². The van der Waals surface area contributed by atoms with Crippen LogP contribution in [0.4, 0.5) is 0 Å². The Kier molecular flexibility index (Phi) is 4.12. The lowest BCUT2D eigenvalue weighted by molar-refractivity contribution is 0.0883. The summed E-state index contributed by atoms with van der Waals surface area (Å²) in [6, 6.07) is 10.4. The number of nitrogens with zero attached hydrogens (tertiary/aromatic N) is 1. The SMILES string of the molecule is Cc1ccc2cc(O[C@H]3CC[C@H](C(C)(C)C)CC3)ccc2n1. The summed E-state index contributed by atoms with van der Waals surface area (Å²) >= 11 is 0. The highest BCUT2D eigenvalue weighted by Gasteiger charge is 2.30. The van der Waals surface area contributed by atoms with E-state index < -0.39 is 0 Å². The number of hydrogen-bond acceptors (Lipinski definition) is 2. The molecule has 0 saturated heterocycles. The zero-order valence-electron chi connectivity index (χ0n) is 14.2. The number of benzene rings is 1. The molecular weight excluding hydrogens is 270 g/mol. The van der Waals surface area contributed by atoms with Crippen LogP contribution in [0.1, 0.15) is 52.1 Å². The highest BCUT2D eigenvalue weighted by atomic mass is 16.5. The van der Waals surface area contributed by atoms with E-state index in [-0.39, 0.29) is 0 Å².